The summed E-state index contributed by atoms with van der Waals surface area (Å²) in [7, 11) is 0. The molecule has 1 fully saturated rings. The maximum atomic E-state index is 6.19. The molecule has 1 aromatic rings. The fourth-order valence-corrected chi connectivity index (χ4v) is 2.90. The van der Waals surface area contributed by atoms with E-state index in [9.17, 15) is 0 Å². The Morgan fingerprint density at radius 3 is 2.57 bits per heavy atom. The second-order valence-electron chi connectivity index (χ2n) is 6.07. The Bertz CT molecular complexity index is 412. The van der Waals surface area contributed by atoms with Gasteiger partial charge in [0.2, 0.25) is 5.88 Å². The largest absolute Gasteiger partial charge is 0.474 e. The molecule has 0 aliphatic heterocycles. The smallest absolute Gasteiger partial charge is 0.214 e. The second kappa shape index (κ2) is 9.04. The first-order valence-corrected chi connectivity index (χ1v) is 8.69. The first-order chi connectivity index (χ1) is 10.3. The predicted molar refractivity (Wildman–Crippen MR) is 87.7 cm³/mol. The summed E-state index contributed by atoms with van der Waals surface area (Å²) in [6.45, 7) is 6.31. The van der Waals surface area contributed by atoms with E-state index in [1.807, 2.05) is 0 Å². The minimum Gasteiger partial charge on any atom is -0.474 e. The molecule has 1 aliphatic rings. The highest BCUT2D eigenvalue weighted by Crippen LogP contribution is 2.23. The number of rotatable bonds is 7. The van der Waals surface area contributed by atoms with E-state index < -0.39 is 0 Å². The standard InChI is InChI=1S/C18H30N2O/c1-3-11-19-14-15-12-16(4-2)20-18(13-15)21-17-9-7-5-6-8-10-17/h12-13,17,19H,3-11,14H2,1-2H3. The SMILES string of the molecule is CCCNCc1cc(CC)nc(OC2CCCCCC2)c1. The molecule has 1 N–H and O–H groups in total. The van der Waals surface area contributed by atoms with Crippen LogP contribution in [0.25, 0.3) is 0 Å². The molecule has 0 unspecified atom stereocenters. The Morgan fingerprint density at radius 2 is 1.90 bits per heavy atom. The van der Waals surface area contributed by atoms with Gasteiger partial charge in [0.25, 0.3) is 0 Å². The summed E-state index contributed by atoms with van der Waals surface area (Å²) in [5.74, 6) is 0.828. The van der Waals surface area contributed by atoms with Crippen LogP contribution >= 0.6 is 0 Å². The average molecular weight is 290 g/mol. The summed E-state index contributed by atoms with van der Waals surface area (Å²) < 4.78 is 6.19. The van der Waals surface area contributed by atoms with Gasteiger partial charge in [-0.25, -0.2) is 4.98 Å². The number of pyridine rings is 1. The van der Waals surface area contributed by atoms with Crippen LogP contribution in [0.1, 0.15) is 70.1 Å². The number of nitrogens with zero attached hydrogens (tertiary/aromatic N) is 1. The Balaban J connectivity index is 2.00. The van der Waals surface area contributed by atoms with Gasteiger partial charge in [-0.05, 0) is 56.7 Å². The van der Waals surface area contributed by atoms with Gasteiger partial charge in [0.15, 0.2) is 0 Å². The monoisotopic (exact) mass is 290 g/mol. The van der Waals surface area contributed by atoms with Gasteiger partial charge < -0.3 is 10.1 Å². The molecule has 0 amide bonds. The molecule has 0 bridgehead atoms. The molecular formula is C18H30N2O. The zero-order valence-electron chi connectivity index (χ0n) is 13.7. The van der Waals surface area contributed by atoms with Gasteiger partial charge in [-0.2, -0.15) is 0 Å². The van der Waals surface area contributed by atoms with E-state index in [2.05, 4.69) is 36.3 Å². The summed E-state index contributed by atoms with van der Waals surface area (Å²) in [5, 5.41) is 3.46. The molecule has 3 nitrogen and oxygen atoms in total. The predicted octanol–water partition coefficient (Wildman–Crippen LogP) is 4.25. The fraction of sp³-hybridized carbons (Fsp3) is 0.722. The van der Waals surface area contributed by atoms with Crippen LogP contribution in [0.15, 0.2) is 12.1 Å². The first kappa shape index (κ1) is 16.3. The molecule has 118 valence electrons. The molecule has 0 spiro atoms. The van der Waals surface area contributed by atoms with Crippen LogP contribution in [0.2, 0.25) is 0 Å². The molecule has 0 radical (unpaired) electrons. The first-order valence-electron chi connectivity index (χ1n) is 8.69. The van der Waals surface area contributed by atoms with Gasteiger partial charge in [-0.15, -0.1) is 0 Å². The van der Waals surface area contributed by atoms with Crippen LogP contribution in [-0.4, -0.2) is 17.6 Å². The topological polar surface area (TPSA) is 34.2 Å². The maximum absolute atomic E-state index is 6.19. The Labute approximate surface area is 129 Å². The third kappa shape index (κ3) is 5.66. The van der Waals surface area contributed by atoms with Crippen LogP contribution < -0.4 is 10.1 Å². The number of hydrogen-bond acceptors (Lipinski definition) is 3. The van der Waals surface area contributed by atoms with Gasteiger partial charge in [0.1, 0.15) is 6.10 Å². The van der Waals surface area contributed by atoms with Crippen molar-refractivity contribution in [1.29, 1.82) is 0 Å². The molecule has 1 saturated carbocycles. The van der Waals surface area contributed by atoms with E-state index in [0.717, 1.165) is 37.5 Å². The third-order valence-corrected chi connectivity index (χ3v) is 4.12. The van der Waals surface area contributed by atoms with Crippen molar-refractivity contribution in [3.05, 3.63) is 23.4 Å². The normalized spacial score (nSPS) is 16.7. The van der Waals surface area contributed by atoms with Gasteiger partial charge >= 0.3 is 0 Å². The lowest BCUT2D eigenvalue weighted by atomic mass is 10.1. The van der Waals surface area contributed by atoms with E-state index >= 15 is 0 Å². The third-order valence-electron chi connectivity index (χ3n) is 4.12. The summed E-state index contributed by atoms with van der Waals surface area (Å²) in [4.78, 5) is 4.65. The van der Waals surface area contributed by atoms with Crippen LogP contribution in [-0.2, 0) is 13.0 Å². The number of nitrogens with one attached hydrogen (secondary N) is 1. The fourth-order valence-electron chi connectivity index (χ4n) is 2.90. The maximum Gasteiger partial charge on any atom is 0.214 e. The Hall–Kier alpha value is -1.09. The molecule has 1 aromatic heterocycles. The zero-order valence-corrected chi connectivity index (χ0v) is 13.7. The molecule has 1 aliphatic carbocycles. The van der Waals surface area contributed by atoms with Crippen LogP contribution in [0.3, 0.4) is 0 Å². The molecule has 21 heavy (non-hydrogen) atoms. The van der Waals surface area contributed by atoms with E-state index in [0.29, 0.717) is 6.10 Å². The van der Waals surface area contributed by atoms with Crippen molar-refractivity contribution in [2.75, 3.05) is 6.54 Å². The van der Waals surface area contributed by atoms with Crippen molar-refractivity contribution in [2.24, 2.45) is 0 Å². The van der Waals surface area contributed by atoms with Crippen molar-refractivity contribution in [3.8, 4) is 5.88 Å². The minimum absolute atomic E-state index is 0.364. The van der Waals surface area contributed by atoms with Crippen molar-refractivity contribution in [2.45, 2.75) is 77.9 Å². The molecule has 0 atom stereocenters. The van der Waals surface area contributed by atoms with Crippen molar-refractivity contribution < 1.29 is 4.74 Å². The van der Waals surface area contributed by atoms with Gasteiger partial charge in [0.05, 0.1) is 0 Å². The second-order valence-corrected chi connectivity index (χ2v) is 6.07. The van der Waals surface area contributed by atoms with Crippen molar-refractivity contribution >= 4 is 0 Å². The molecule has 0 aromatic carbocycles. The van der Waals surface area contributed by atoms with Crippen LogP contribution in [0, 0.1) is 0 Å². The lowest BCUT2D eigenvalue weighted by molar-refractivity contribution is 0.175. The summed E-state index contributed by atoms with van der Waals surface area (Å²) in [6.07, 6.45) is 10.2. The van der Waals surface area contributed by atoms with Crippen LogP contribution in [0.5, 0.6) is 5.88 Å². The van der Waals surface area contributed by atoms with E-state index in [1.165, 1.54) is 44.1 Å². The summed E-state index contributed by atoms with van der Waals surface area (Å²) >= 11 is 0. The molecule has 2 rings (SSSR count). The number of aromatic nitrogens is 1. The molecule has 1 heterocycles. The minimum atomic E-state index is 0.364. The van der Waals surface area contributed by atoms with Crippen LogP contribution in [0.4, 0.5) is 0 Å². The Morgan fingerprint density at radius 1 is 1.14 bits per heavy atom. The zero-order chi connectivity index (χ0) is 14.9. The average Bonchev–Trinajstić information content (AvgIpc) is 2.76. The van der Waals surface area contributed by atoms with Gasteiger partial charge in [-0.3, -0.25) is 0 Å². The number of aryl methyl sites for hydroxylation is 1. The summed E-state index contributed by atoms with van der Waals surface area (Å²) in [6, 6.07) is 4.31. The van der Waals surface area contributed by atoms with E-state index in [-0.39, 0.29) is 0 Å². The molecular weight excluding hydrogens is 260 g/mol. The highest BCUT2D eigenvalue weighted by atomic mass is 16.5. The molecule has 3 heteroatoms. The number of ether oxygens (including phenoxy) is 1. The summed E-state index contributed by atoms with van der Waals surface area (Å²) in [5.41, 5.74) is 2.42. The lowest BCUT2D eigenvalue weighted by Gasteiger charge is -2.17. The molecule has 0 saturated heterocycles. The van der Waals surface area contributed by atoms with Gasteiger partial charge in [-0.1, -0.05) is 26.7 Å². The quantitative estimate of drug-likeness (QED) is 0.602. The van der Waals surface area contributed by atoms with Gasteiger partial charge in [0, 0.05) is 18.3 Å². The van der Waals surface area contributed by atoms with E-state index in [4.69, 9.17) is 4.74 Å². The lowest BCUT2D eigenvalue weighted by Crippen LogP contribution is -2.17. The highest BCUT2D eigenvalue weighted by molar-refractivity contribution is 5.25. The number of hydrogen-bond donors (Lipinski definition) is 1. The van der Waals surface area contributed by atoms with Crippen molar-refractivity contribution in [3.63, 3.8) is 0 Å². The highest BCUT2D eigenvalue weighted by Gasteiger charge is 2.15. The van der Waals surface area contributed by atoms with Crippen molar-refractivity contribution in [1.82, 2.24) is 10.3 Å². The Kier molecular flexibility index (Phi) is 7.01. The van der Waals surface area contributed by atoms with E-state index in [1.54, 1.807) is 0 Å².